The van der Waals surface area contributed by atoms with Crippen LogP contribution in [-0.2, 0) is 0 Å². The van der Waals surface area contributed by atoms with Crippen molar-refractivity contribution in [3.63, 3.8) is 0 Å². The molecule has 0 unspecified atom stereocenters. The summed E-state index contributed by atoms with van der Waals surface area (Å²) in [5.41, 5.74) is 9.62. The van der Waals surface area contributed by atoms with Crippen LogP contribution in [0.25, 0.3) is 11.1 Å². The minimum Gasteiger partial charge on any atom is -0.399 e. The molecular weight excluding hydrogens is 249 g/mol. The summed E-state index contributed by atoms with van der Waals surface area (Å²) in [7, 11) is 0. The Morgan fingerprint density at radius 3 is 2.47 bits per heavy atom. The molecule has 0 bridgehead atoms. The van der Waals surface area contributed by atoms with E-state index in [0.29, 0.717) is 8.67 Å². The molecule has 0 fully saturated rings. The molecule has 0 radical (unpaired) electrons. The lowest BCUT2D eigenvalue weighted by atomic mass is 10.0. The van der Waals surface area contributed by atoms with E-state index in [1.807, 2.05) is 31.2 Å². The number of benzene rings is 1. The van der Waals surface area contributed by atoms with Gasteiger partial charge in [-0.25, -0.2) is 0 Å². The maximum Gasteiger partial charge on any atom is 0.102 e. The van der Waals surface area contributed by atoms with Gasteiger partial charge >= 0.3 is 0 Å². The van der Waals surface area contributed by atoms with Gasteiger partial charge in [0.1, 0.15) is 4.34 Å². The van der Waals surface area contributed by atoms with Gasteiger partial charge in [-0.2, -0.15) is 0 Å². The Hall–Kier alpha value is -0.700. The van der Waals surface area contributed by atoms with E-state index in [2.05, 4.69) is 0 Å². The average molecular weight is 258 g/mol. The van der Waals surface area contributed by atoms with Crippen molar-refractivity contribution in [2.24, 2.45) is 0 Å². The van der Waals surface area contributed by atoms with Gasteiger partial charge < -0.3 is 5.73 Å². The van der Waals surface area contributed by atoms with E-state index in [1.165, 1.54) is 11.3 Å². The Morgan fingerprint density at radius 1 is 1.13 bits per heavy atom. The first-order valence-corrected chi connectivity index (χ1v) is 5.96. The number of nitrogens with two attached hydrogens (primary N) is 1. The van der Waals surface area contributed by atoms with Crippen molar-refractivity contribution in [2.45, 2.75) is 6.92 Å². The highest BCUT2D eigenvalue weighted by molar-refractivity contribution is 7.20. The highest BCUT2D eigenvalue weighted by Crippen LogP contribution is 2.39. The third kappa shape index (κ3) is 2.12. The average Bonchev–Trinajstić information content (AvgIpc) is 2.50. The minimum absolute atomic E-state index is 0.692. The molecule has 15 heavy (non-hydrogen) atoms. The molecule has 78 valence electrons. The summed E-state index contributed by atoms with van der Waals surface area (Å²) in [5, 5.41) is 0. The Bertz CT molecular complexity index is 505. The second-order valence-electron chi connectivity index (χ2n) is 3.31. The van der Waals surface area contributed by atoms with Gasteiger partial charge in [0.05, 0.1) is 4.34 Å². The van der Waals surface area contributed by atoms with Crippen LogP contribution in [0.15, 0.2) is 24.3 Å². The molecule has 0 aliphatic carbocycles. The quantitative estimate of drug-likeness (QED) is 0.742. The molecule has 1 nitrogen and oxygen atoms in total. The Balaban J connectivity index is 2.62. The number of anilines is 1. The smallest absolute Gasteiger partial charge is 0.102 e. The predicted octanol–water partition coefficient (Wildman–Crippen LogP) is 4.61. The molecule has 0 spiro atoms. The zero-order valence-corrected chi connectivity index (χ0v) is 10.4. The van der Waals surface area contributed by atoms with E-state index >= 15 is 0 Å². The van der Waals surface area contributed by atoms with Crippen LogP contribution < -0.4 is 5.73 Å². The monoisotopic (exact) mass is 257 g/mol. The third-order valence-corrected chi connectivity index (χ3v) is 3.70. The number of nitrogen functional groups attached to an aromatic ring is 1. The summed E-state index contributed by atoms with van der Waals surface area (Å²) >= 11 is 13.4. The summed E-state index contributed by atoms with van der Waals surface area (Å²) < 4.78 is 1.39. The molecule has 2 N–H and O–H groups in total. The predicted molar refractivity (Wildman–Crippen MR) is 68.9 cm³/mol. The van der Waals surface area contributed by atoms with Gasteiger partial charge in [0.2, 0.25) is 0 Å². The van der Waals surface area contributed by atoms with Crippen LogP contribution in [0, 0.1) is 6.92 Å². The van der Waals surface area contributed by atoms with Crippen molar-refractivity contribution in [1.82, 2.24) is 0 Å². The van der Waals surface area contributed by atoms with Crippen molar-refractivity contribution >= 4 is 40.2 Å². The van der Waals surface area contributed by atoms with Crippen molar-refractivity contribution in [3.05, 3.63) is 38.5 Å². The molecule has 0 saturated heterocycles. The number of hydrogen-bond acceptors (Lipinski definition) is 2. The lowest BCUT2D eigenvalue weighted by molar-refractivity contribution is 1.47. The van der Waals surface area contributed by atoms with Gasteiger partial charge in [0.15, 0.2) is 0 Å². The molecule has 4 heteroatoms. The summed E-state index contributed by atoms with van der Waals surface area (Å²) in [6, 6.07) is 7.64. The Kier molecular flexibility index (Phi) is 2.91. The Morgan fingerprint density at radius 2 is 1.87 bits per heavy atom. The van der Waals surface area contributed by atoms with E-state index in [1.54, 1.807) is 0 Å². The number of thiophene rings is 1. The van der Waals surface area contributed by atoms with E-state index in [0.717, 1.165) is 22.4 Å². The van der Waals surface area contributed by atoms with Crippen LogP contribution in [0.3, 0.4) is 0 Å². The van der Waals surface area contributed by atoms with Crippen molar-refractivity contribution in [3.8, 4) is 11.1 Å². The van der Waals surface area contributed by atoms with Crippen LogP contribution in [0.1, 0.15) is 5.56 Å². The zero-order chi connectivity index (χ0) is 11.0. The fourth-order valence-electron chi connectivity index (χ4n) is 1.45. The van der Waals surface area contributed by atoms with Gasteiger partial charge in [-0.15, -0.1) is 11.3 Å². The number of rotatable bonds is 1. The highest BCUT2D eigenvalue weighted by atomic mass is 35.5. The molecule has 1 aromatic carbocycles. The highest BCUT2D eigenvalue weighted by Gasteiger charge is 2.10. The van der Waals surface area contributed by atoms with Crippen molar-refractivity contribution in [2.75, 3.05) is 5.73 Å². The standard InChI is InChI=1S/C11H9Cl2NS/c1-6-2-3-7(14)4-8(6)9-5-10(12)15-11(9)13/h2-5H,14H2,1H3. The maximum atomic E-state index is 6.10. The van der Waals surface area contributed by atoms with Crippen molar-refractivity contribution < 1.29 is 0 Å². The van der Waals surface area contributed by atoms with Gasteiger partial charge in [-0.3, -0.25) is 0 Å². The van der Waals surface area contributed by atoms with Crippen LogP contribution in [-0.4, -0.2) is 0 Å². The lowest BCUT2D eigenvalue weighted by Crippen LogP contribution is -1.87. The summed E-state index contributed by atoms with van der Waals surface area (Å²) in [5.74, 6) is 0. The van der Waals surface area contributed by atoms with E-state index in [9.17, 15) is 0 Å². The largest absolute Gasteiger partial charge is 0.399 e. The molecule has 0 amide bonds. The molecule has 1 aromatic heterocycles. The summed E-state index contributed by atoms with van der Waals surface area (Å²) in [4.78, 5) is 0. The maximum absolute atomic E-state index is 6.10. The fraction of sp³-hybridized carbons (Fsp3) is 0.0909. The molecule has 0 aliphatic heterocycles. The second kappa shape index (κ2) is 4.05. The summed E-state index contributed by atoms with van der Waals surface area (Å²) in [6.07, 6.45) is 0. The molecule has 2 rings (SSSR count). The van der Waals surface area contributed by atoms with Gasteiger partial charge in [-0.1, -0.05) is 29.3 Å². The Labute approximate surface area is 102 Å². The summed E-state index contributed by atoms with van der Waals surface area (Å²) in [6.45, 7) is 2.02. The normalized spacial score (nSPS) is 10.6. The van der Waals surface area contributed by atoms with E-state index in [4.69, 9.17) is 28.9 Å². The number of hydrogen-bond donors (Lipinski definition) is 1. The first-order valence-electron chi connectivity index (χ1n) is 4.39. The first-order chi connectivity index (χ1) is 7.08. The minimum atomic E-state index is 0.692. The van der Waals surface area contributed by atoms with Crippen LogP contribution in [0.5, 0.6) is 0 Å². The van der Waals surface area contributed by atoms with Gasteiger partial charge in [0.25, 0.3) is 0 Å². The van der Waals surface area contributed by atoms with E-state index in [-0.39, 0.29) is 0 Å². The van der Waals surface area contributed by atoms with Gasteiger partial charge in [0, 0.05) is 11.3 Å². The topological polar surface area (TPSA) is 26.0 Å². The van der Waals surface area contributed by atoms with Gasteiger partial charge in [-0.05, 0) is 36.2 Å². The molecule has 1 heterocycles. The lowest BCUT2D eigenvalue weighted by Gasteiger charge is -2.05. The van der Waals surface area contributed by atoms with Crippen LogP contribution in [0.4, 0.5) is 5.69 Å². The van der Waals surface area contributed by atoms with Crippen LogP contribution in [0.2, 0.25) is 8.67 Å². The van der Waals surface area contributed by atoms with Crippen molar-refractivity contribution in [1.29, 1.82) is 0 Å². The molecule has 0 saturated carbocycles. The fourth-order valence-corrected chi connectivity index (χ4v) is 2.95. The third-order valence-electron chi connectivity index (χ3n) is 2.21. The molecule has 0 aliphatic rings. The molecule has 0 atom stereocenters. The second-order valence-corrected chi connectivity index (χ2v) is 5.60. The number of halogens is 2. The molecule has 2 aromatic rings. The van der Waals surface area contributed by atoms with E-state index < -0.39 is 0 Å². The number of aryl methyl sites for hydroxylation is 1. The zero-order valence-electron chi connectivity index (χ0n) is 8.05. The van der Waals surface area contributed by atoms with Crippen LogP contribution >= 0.6 is 34.5 Å². The molecular formula is C11H9Cl2NS. The SMILES string of the molecule is Cc1ccc(N)cc1-c1cc(Cl)sc1Cl. The first kappa shape index (κ1) is 10.8.